The zero-order valence-corrected chi connectivity index (χ0v) is 19.7. The topological polar surface area (TPSA) is 0 Å². The molecule has 3 aliphatic rings. The van der Waals surface area contributed by atoms with Crippen LogP contribution in [0.5, 0.6) is 0 Å². The highest BCUT2D eigenvalue weighted by Gasteiger charge is 2.48. The highest BCUT2D eigenvalue weighted by molar-refractivity contribution is 5.87. The molecule has 1 atom stereocenters. The van der Waals surface area contributed by atoms with Crippen molar-refractivity contribution in [3.8, 4) is 11.1 Å². The minimum absolute atomic E-state index is 0.0925. The molecule has 0 N–H and O–H groups in total. The Balaban J connectivity index is 1.83. The Bertz CT molecular complexity index is 1090. The standard InChI is InChI=1S/C30H36/c1-7-8-17-30(6)25-16-12-10-14-21(25)23-18-26-22(19-27(23)30)20-13-9-11-15-24(20)28(2,3)29(26,4)5/h10-12,14-16,18-19H,7-9,13,17H2,1-6H3. The number of benzene rings is 2. The lowest BCUT2D eigenvalue weighted by molar-refractivity contribution is 0.248. The van der Waals surface area contributed by atoms with Gasteiger partial charge in [-0.15, -0.1) is 0 Å². The number of unbranched alkanes of at least 4 members (excludes halogenated alkanes) is 1. The summed E-state index contributed by atoms with van der Waals surface area (Å²) in [6, 6.07) is 14.4. The molecular formula is C30H36. The number of allylic oxidation sites excluding steroid dienone is 4. The monoisotopic (exact) mass is 396 g/mol. The van der Waals surface area contributed by atoms with Gasteiger partial charge in [0, 0.05) is 5.41 Å². The van der Waals surface area contributed by atoms with Gasteiger partial charge in [0.25, 0.3) is 0 Å². The fourth-order valence-corrected chi connectivity index (χ4v) is 6.39. The Labute approximate surface area is 183 Å². The number of hydrogen-bond donors (Lipinski definition) is 0. The first-order valence-electron chi connectivity index (χ1n) is 11.9. The largest absolute Gasteiger partial charge is 0.0839 e. The third-order valence-electron chi connectivity index (χ3n) is 9.00. The first kappa shape index (κ1) is 19.9. The van der Waals surface area contributed by atoms with Crippen LogP contribution in [0.1, 0.15) is 95.9 Å². The van der Waals surface area contributed by atoms with Crippen LogP contribution >= 0.6 is 0 Å². The van der Waals surface area contributed by atoms with Crippen LogP contribution in [-0.2, 0) is 10.8 Å². The van der Waals surface area contributed by atoms with Crippen molar-refractivity contribution >= 4 is 5.57 Å². The van der Waals surface area contributed by atoms with Gasteiger partial charge in [-0.2, -0.15) is 0 Å². The third kappa shape index (κ3) is 2.40. The summed E-state index contributed by atoms with van der Waals surface area (Å²) in [7, 11) is 0. The molecule has 1 unspecified atom stereocenters. The van der Waals surface area contributed by atoms with Crippen LogP contribution < -0.4 is 0 Å². The molecule has 0 heteroatoms. The SMILES string of the molecule is CCCCC1(C)c2ccccc2-c2cc3c(cc21)C1=C(C=CCC1)C(C)(C)C3(C)C. The molecule has 0 bridgehead atoms. The van der Waals surface area contributed by atoms with Crippen LogP contribution in [0.25, 0.3) is 16.7 Å². The quantitative estimate of drug-likeness (QED) is 0.487. The van der Waals surface area contributed by atoms with E-state index in [1.165, 1.54) is 54.4 Å². The zero-order valence-electron chi connectivity index (χ0n) is 19.7. The lowest BCUT2D eigenvalue weighted by atomic mass is 9.54. The molecule has 0 radical (unpaired) electrons. The molecule has 0 heterocycles. The van der Waals surface area contributed by atoms with Crippen molar-refractivity contribution in [2.45, 2.75) is 84.5 Å². The Kier molecular flexibility index (Phi) is 4.27. The molecular weight excluding hydrogens is 360 g/mol. The fraction of sp³-hybridized carbons (Fsp3) is 0.467. The van der Waals surface area contributed by atoms with Gasteiger partial charge in [-0.1, -0.05) is 90.8 Å². The van der Waals surface area contributed by atoms with Crippen LogP contribution in [0.2, 0.25) is 0 Å². The molecule has 0 nitrogen and oxygen atoms in total. The summed E-state index contributed by atoms with van der Waals surface area (Å²) >= 11 is 0. The minimum atomic E-state index is 0.0925. The molecule has 0 saturated heterocycles. The van der Waals surface area contributed by atoms with E-state index in [2.05, 4.69) is 90.1 Å². The van der Waals surface area contributed by atoms with E-state index in [0.29, 0.717) is 0 Å². The van der Waals surface area contributed by atoms with Crippen molar-refractivity contribution in [2.24, 2.45) is 5.41 Å². The molecule has 0 amide bonds. The van der Waals surface area contributed by atoms with Crippen molar-refractivity contribution in [1.29, 1.82) is 0 Å². The molecule has 5 rings (SSSR count). The maximum Gasteiger partial charge on any atom is 0.0187 e. The van der Waals surface area contributed by atoms with Crippen molar-refractivity contribution in [3.05, 3.63) is 76.4 Å². The predicted molar refractivity (Wildman–Crippen MR) is 130 cm³/mol. The van der Waals surface area contributed by atoms with Crippen molar-refractivity contribution in [2.75, 3.05) is 0 Å². The van der Waals surface area contributed by atoms with Gasteiger partial charge >= 0.3 is 0 Å². The molecule has 0 aliphatic heterocycles. The average Bonchev–Trinajstić information content (AvgIpc) is 2.99. The van der Waals surface area contributed by atoms with E-state index in [9.17, 15) is 0 Å². The molecule has 0 saturated carbocycles. The molecule has 0 spiro atoms. The second-order valence-corrected chi connectivity index (χ2v) is 11.0. The summed E-state index contributed by atoms with van der Waals surface area (Å²) in [4.78, 5) is 0. The predicted octanol–water partition coefficient (Wildman–Crippen LogP) is 8.58. The maximum atomic E-state index is 2.62. The second-order valence-electron chi connectivity index (χ2n) is 11.0. The molecule has 156 valence electrons. The highest BCUT2D eigenvalue weighted by atomic mass is 14.5. The lowest BCUT2D eigenvalue weighted by Gasteiger charge is -2.50. The van der Waals surface area contributed by atoms with Gasteiger partial charge in [-0.3, -0.25) is 0 Å². The Morgan fingerprint density at radius 1 is 0.800 bits per heavy atom. The van der Waals surface area contributed by atoms with E-state index in [0.717, 1.165) is 0 Å². The summed E-state index contributed by atoms with van der Waals surface area (Å²) < 4.78 is 0. The number of fused-ring (bicyclic) bond motifs is 5. The number of rotatable bonds is 3. The molecule has 0 fully saturated rings. The van der Waals surface area contributed by atoms with Gasteiger partial charge in [-0.05, 0) is 86.8 Å². The molecule has 2 aromatic rings. The Morgan fingerprint density at radius 3 is 2.30 bits per heavy atom. The van der Waals surface area contributed by atoms with Crippen LogP contribution in [0.15, 0.2) is 54.1 Å². The van der Waals surface area contributed by atoms with Gasteiger partial charge in [0.05, 0.1) is 0 Å². The normalized spacial score (nSPS) is 24.9. The summed E-state index contributed by atoms with van der Waals surface area (Å²) in [6.45, 7) is 14.6. The van der Waals surface area contributed by atoms with E-state index >= 15 is 0 Å². The first-order valence-corrected chi connectivity index (χ1v) is 11.9. The maximum absolute atomic E-state index is 2.62. The van der Waals surface area contributed by atoms with E-state index < -0.39 is 0 Å². The van der Waals surface area contributed by atoms with Gasteiger partial charge in [0.2, 0.25) is 0 Å². The first-order chi connectivity index (χ1) is 14.2. The molecule has 0 aromatic heterocycles. The van der Waals surface area contributed by atoms with Crippen LogP contribution in [0.4, 0.5) is 0 Å². The Hall–Kier alpha value is -2.08. The van der Waals surface area contributed by atoms with Crippen LogP contribution in [0, 0.1) is 5.41 Å². The summed E-state index contributed by atoms with van der Waals surface area (Å²) in [6.07, 6.45) is 10.9. The fourth-order valence-electron chi connectivity index (χ4n) is 6.39. The average molecular weight is 397 g/mol. The minimum Gasteiger partial charge on any atom is -0.0839 e. The molecule has 30 heavy (non-hydrogen) atoms. The van der Waals surface area contributed by atoms with E-state index in [4.69, 9.17) is 0 Å². The van der Waals surface area contributed by atoms with Crippen molar-refractivity contribution in [3.63, 3.8) is 0 Å². The van der Waals surface area contributed by atoms with Gasteiger partial charge in [0.1, 0.15) is 0 Å². The smallest absolute Gasteiger partial charge is 0.0187 e. The second kappa shape index (κ2) is 6.46. The number of hydrogen-bond acceptors (Lipinski definition) is 0. The van der Waals surface area contributed by atoms with E-state index in [1.807, 2.05) is 0 Å². The van der Waals surface area contributed by atoms with Crippen molar-refractivity contribution < 1.29 is 0 Å². The summed E-state index contributed by atoms with van der Waals surface area (Å²) in [5.41, 5.74) is 12.7. The lowest BCUT2D eigenvalue weighted by Crippen LogP contribution is -2.42. The highest BCUT2D eigenvalue weighted by Crippen LogP contribution is 2.60. The summed E-state index contributed by atoms with van der Waals surface area (Å²) in [5.74, 6) is 0. The zero-order chi connectivity index (χ0) is 21.3. The van der Waals surface area contributed by atoms with E-state index in [-0.39, 0.29) is 16.2 Å². The van der Waals surface area contributed by atoms with Crippen LogP contribution in [-0.4, -0.2) is 0 Å². The van der Waals surface area contributed by atoms with Gasteiger partial charge in [0.15, 0.2) is 0 Å². The van der Waals surface area contributed by atoms with Gasteiger partial charge < -0.3 is 0 Å². The molecule has 2 aromatic carbocycles. The molecule has 3 aliphatic carbocycles. The van der Waals surface area contributed by atoms with Crippen molar-refractivity contribution in [1.82, 2.24) is 0 Å². The summed E-state index contributed by atoms with van der Waals surface area (Å²) in [5, 5.41) is 0. The van der Waals surface area contributed by atoms with E-state index in [1.54, 1.807) is 22.3 Å². The third-order valence-corrected chi connectivity index (χ3v) is 9.00. The van der Waals surface area contributed by atoms with Gasteiger partial charge in [-0.25, -0.2) is 0 Å². The Morgan fingerprint density at radius 2 is 1.53 bits per heavy atom. The van der Waals surface area contributed by atoms with Crippen LogP contribution in [0.3, 0.4) is 0 Å².